The Hall–Kier alpha value is -2.17. The summed E-state index contributed by atoms with van der Waals surface area (Å²) in [5.41, 5.74) is 3.19. The second kappa shape index (κ2) is 7.40. The van der Waals surface area contributed by atoms with E-state index in [1.54, 1.807) is 0 Å². The number of carbonyl (C=O) groups is 1. The van der Waals surface area contributed by atoms with Crippen molar-refractivity contribution in [2.45, 2.75) is 0 Å². The van der Waals surface area contributed by atoms with E-state index in [2.05, 4.69) is 34.3 Å². The lowest BCUT2D eigenvalue weighted by Gasteiger charge is -2.31. The molecule has 1 N–H and O–H groups in total. The van der Waals surface area contributed by atoms with Crippen molar-refractivity contribution in [3.05, 3.63) is 54.6 Å². The van der Waals surface area contributed by atoms with E-state index < -0.39 is 0 Å². The molecule has 4 nitrogen and oxygen atoms in total. The summed E-state index contributed by atoms with van der Waals surface area (Å²) in [6.07, 6.45) is 0. The summed E-state index contributed by atoms with van der Waals surface area (Å²) in [6, 6.07) is 18.2. The highest BCUT2D eigenvalue weighted by atomic mass is 16.2. The van der Waals surface area contributed by atoms with Crippen LogP contribution >= 0.6 is 0 Å². The predicted molar refractivity (Wildman–Crippen MR) is 94.4 cm³/mol. The Morgan fingerprint density at radius 3 is 2.17 bits per heavy atom. The molecular weight excluding hydrogens is 286 g/mol. The van der Waals surface area contributed by atoms with E-state index in [1.165, 1.54) is 5.56 Å². The maximum absolute atomic E-state index is 12.2. The van der Waals surface area contributed by atoms with Gasteiger partial charge in [0.25, 0.3) is 0 Å². The van der Waals surface area contributed by atoms with Crippen molar-refractivity contribution in [2.24, 2.45) is 0 Å². The molecule has 0 atom stereocenters. The van der Waals surface area contributed by atoms with Crippen LogP contribution in [0, 0.1) is 0 Å². The topological polar surface area (TPSA) is 35.6 Å². The summed E-state index contributed by atoms with van der Waals surface area (Å²) in [6.45, 7) is 4.43. The lowest BCUT2D eigenvalue weighted by Crippen LogP contribution is -2.47. The number of anilines is 1. The molecule has 0 spiro atoms. The fourth-order valence-electron chi connectivity index (χ4n) is 2.79. The summed E-state index contributed by atoms with van der Waals surface area (Å²) >= 11 is 0. The van der Waals surface area contributed by atoms with Gasteiger partial charge in [0.15, 0.2) is 0 Å². The fourth-order valence-corrected chi connectivity index (χ4v) is 2.79. The number of amides is 1. The number of piperazine rings is 1. The first-order chi connectivity index (χ1) is 11.2. The molecule has 1 aliphatic heterocycles. The van der Waals surface area contributed by atoms with Crippen molar-refractivity contribution in [3.8, 4) is 11.1 Å². The molecule has 2 aromatic rings. The van der Waals surface area contributed by atoms with Crippen molar-refractivity contribution in [1.29, 1.82) is 0 Å². The van der Waals surface area contributed by atoms with Crippen molar-refractivity contribution in [3.63, 3.8) is 0 Å². The third kappa shape index (κ3) is 4.41. The van der Waals surface area contributed by atoms with Crippen LogP contribution in [0.1, 0.15) is 0 Å². The molecule has 0 aromatic heterocycles. The quantitative estimate of drug-likeness (QED) is 0.943. The lowest BCUT2D eigenvalue weighted by molar-refractivity contribution is -0.117. The third-order valence-electron chi connectivity index (χ3n) is 4.24. The second-order valence-corrected chi connectivity index (χ2v) is 6.07. The molecule has 1 aliphatic rings. The number of hydrogen-bond acceptors (Lipinski definition) is 3. The van der Waals surface area contributed by atoms with Gasteiger partial charge in [-0.25, -0.2) is 0 Å². The Morgan fingerprint density at radius 2 is 1.52 bits per heavy atom. The normalized spacial score (nSPS) is 16.2. The minimum atomic E-state index is 0.0574. The lowest BCUT2D eigenvalue weighted by atomic mass is 10.1. The molecule has 1 amide bonds. The third-order valence-corrected chi connectivity index (χ3v) is 4.24. The molecule has 0 unspecified atom stereocenters. The van der Waals surface area contributed by atoms with Gasteiger partial charge in [0.05, 0.1) is 6.54 Å². The van der Waals surface area contributed by atoms with Gasteiger partial charge in [-0.15, -0.1) is 0 Å². The zero-order chi connectivity index (χ0) is 16.1. The summed E-state index contributed by atoms with van der Waals surface area (Å²) < 4.78 is 0. The number of rotatable bonds is 4. The Bertz CT molecular complexity index is 631. The number of hydrogen-bond donors (Lipinski definition) is 1. The molecule has 1 saturated heterocycles. The summed E-state index contributed by atoms with van der Waals surface area (Å²) in [5, 5.41) is 2.98. The molecule has 4 heteroatoms. The maximum Gasteiger partial charge on any atom is 0.238 e. The molecule has 23 heavy (non-hydrogen) atoms. The largest absolute Gasteiger partial charge is 0.325 e. The van der Waals surface area contributed by atoms with E-state index in [9.17, 15) is 4.79 Å². The highest BCUT2D eigenvalue weighted by Gasteiger charge is 2.16. The van der Waals surface area contributed by atoms with Crippen molar-refractivity contribution in [2.75, 3.05) is 45.1 Å². The van der Waals surface area contributed by atoms with Gasteiger partial charge in [0.2, 0.25) is 5.91 Å². The van der Waals surface area contributed by atoms with Crippen LogP contribution in [0.3, 0.4) is 0 Å². The highest BCUT2D eigenvalue weighted by molar-refractivity contribution is 5.92. The maximum atomic E-state index is 12.2. The average Bonchev–Trinajstić information content (AvgIpc) is 2.58. The Morgan fingerprint density at radius 1 is 0.913 bits per heavy atom. The standard InChI is InChI=1S/C19H23N3O/c1-21-11-13-22(14-12-21)15-19(23)20-18-9-7-17(8-10-18)16-5-3-2-4-6-16/h2-10H,11-15H2,1H3,(H,20,23). The van der Waals surface area contributed by atoms with Crippen LogP contribution in [0.25, 0.3) is 11.1 Å². The van der Waals surface area contributed by atoms with Crippen LogP contribution in [0.5, 0.6) is 0 Å². The number of likely N-dealkylation sites (N-methyl/N-ethyl adjacent to an activating group) is 1. The SMILES string of the molecule is CN1CCN(CC(=O)Nc2ccc(-c3ccccc3)cc2)CC1. The van der Waals surface area contributed by atoms with Gasteiger partial charge in [-0.2, -0.15) is 0 Å². The Balaban J connectivity index is 1.55. The smallest absolute Gasteiger partial charge is 0.238 e. The molecule has 2 aromatic carbocycles. The van der Waals surface area contributed by atoms with Gasteiger partial charge in [0.1, 0.15) is 0 Å². The van der Waals surface area contributed by atoms with Gasteiger partial charge < -0.3 is 10.2 Å². The molecule has 0 radical (unpaired) electrons. The second-order valence-electron chi connectivity index (χ2n) is 6.07. The molecule has 0 aliphatic carbocycles. The highest BCUT2D eigenvalue weighted by Crippen LogP contribution is 2.20. The van der Waals surface area contributed by atoms with Crippen LogP contribution in [0.2, 0.25) is 0 Å². The first-order valence-corrected chi connectivity index (χ1v) is 8.07. The van der Waals surface area contributed by atoms with E-state index in [0.29, 0.717) is 6.54 Å². The number of benzene rings is 2. The average molecular weight is 309 g/mol. The molecule has 120 valence electrons. The molecule has 0 bridgehead atoms. The van der Waals surface area contributed by atoms with E-state index in [-0.39, 0.29) is 5.91 Å². The summed E-state index contributed by atoms with van der Waals surface area (Å²) in [5.74, 6) is 0.0574. The molecular formula is C19H23N3O. The minimum absolute atomic E-state index is 0.0574. The zero-order valence-electron chi connectivity index (χ0n) is 13.5. The van der Waals surface area contributed by atoms with E-state index in [1.807, 2.05) is 42.5 Å². The van der Waals surface area contributed by atoms with Gasteiger partial charge in [-0.3, -0.25) is 9.69 Å². The molecule has 3 rings (SSSR count). The minimum Gasteiger partial charge on any atom is -0.325 e. The van der Waals surface area contributed by atoms with E-state index in [4.69, 9.17) is 0 Å². The Labute approximate surface area is 137 Å². The van der Waals surface area contributed by atoms with Crippen molar-refractivity contribution in [1.82, 2.24) is 9.80 Å². The zero-order valence-corrected chi connectivity index (χ0v) is 13.5. The van der Waals surface area contributed by atoms with Gasteiger partial charge in [-0.1, -0.05) is 42.5 Å². The fraction of sp³-hybridized carbons (Fsp3) is 0.316. The molecule has 1 heterocycles. The van der Waals surface area contributed by atoms with Gasteiger partial charge in [0, 0.05) is 31.9 Å². The van der Waals surface area contributed by atoms with Gasteiger partial charge in [-0.05, 0) is 30.3 Å². The van der Waals surface area contributed by atoms with Crippen LogP contribution in [-0.2, 0) is 4.79 Å². The summed E-state index contributed by atoms with van der Waals surface area (Å²) in [4.78, 5) is 16.6. The number of nitrogens with zero attached hydrogens (tertiary/aromatic N) is 2. The van der Waals surface area contributed by atoms with E-state index in [0.717, 1.165) is 37.4 Å². The Kier molecular flexibility index (Phi) is 5.05. The first-order valence-electron chi connectivity index (χ1n) is 8.07. The van der Waals surface area contributed by atoms with Crippen LogP contribution < -0.4 is 5.32 Å². The van der Waals surface area contributed by atoms with Crippen LogP contribution in [0.15, 0.2) is 54.6 Å². The number of carbonyl (C=O) groups excluding carboxylic acids is 1. The predicted octanol–water partition coefficient (Wildman–Crippen LogP) is 2.54. The monoisotopic (exact) mass is 309 g/mol. The van der Waals surface area contributed by atoms with Crippen molar-refractivity contribution < 1.29 is 4.79 Å². The molecule has 0 saturated carbocycles. The van der Waals surface area contributed by atoms with Gasteiger partial charge >= 0.3 is 0 Å². The summed E-state index contributed by atoms with van der Waals surface area (Å²) in [7, 11) is 2.12. The first kappa shape index (κ1) is 15.7. The van der Waals surface area contributed by atoms with E-state index >= 15 is 0 Å². The van der Waals surface area contributed by atoms with Crippen LogP contribution in [0.4, 0.5) is 5.69 Å². The number of nitrogens with one attached hydrogen (secondary N) is 1. The van der Waals surface area contributed by atoms with Crippen molar-refractivity contribution >= 4 is 11.6 Å². The molecule has 1 fully saturated rings. The van der Waals surface area contributed by atoms with Crippen LogP contribution in [-0.4, -0.2) is 55.5 Å².